The highest BCUT2D eigenvalue weighted by molar-refractivity contribution is 5.82. The summed E-state index contributed by atoms with van der Waals surface area (Å²) in [4.78, 5) is 0. The van der Waals surface area contributed by atoms with Crippen molar-refractivity contribution in [2.24, 2.45) is 0 Å². The Balaban J connectivity index is 1.97. The van der Waals surface area contributed by atoms with E-state index in [0.29, 0.717) is 6.42 Å². The number of fused-ring (bicyclic) bond motifs is 1. The fourth-order valence-corrected chi connectivity index (χ4v) is 2.45. The van der Waals surface area contributed by atoms with Gasteiger partial charge in [-0.15, -0.1) is 0 Å². The number of H-pyrrole nitrogens is 1. The van der Waals surface area contributed by atoms with Gasteiger partial charge in [-0.3, -0.25) is 5.10 Å². The molecular formula is C16H16N2O. The number of hydrogen-bond donors (Lipinski definition) is 2. The van der Waals surface area contributed by atoms with E-state index in [1.165, 1.54) is 0 Å². The van der Waals surface area contributed by atoms with E-state index in [2.05, 4.69) is 10.2 Å². The van der Waals surface area contributed by atoms with Gasteiger partial charge in [-0.1, -0.05) is 36.4 Å². The SMILES string of the molecule is Cc1cc(C(O)Cc2ccccc2)c2cn[nH]c2c1. The van der Waals surface area contributed by atoms with Gasteiger partial charge in [0.05, 0.1) is 17.8 Å². The average molecular weight is 252 g/mol. The van der Waals surface area contributed by atoms with E-state index < -0.39 is 6.10 Å². The smallest absolute Gasteiger partial charge is 0.0837 e. The second-order valence-corrected chi connectivity index (χ2v) is 4.89. The van der Waals surface area contributed by atoms with Gasteiger partial charge in [0, 0.05) is 11.8 Å². The lowest BCUT2D eigenvalue weighted by atomic mass is 9.97. The number of rotatable bonds is 3. The standard InChI is InChI=1S/C16H16N2O/c1-11-7-13(14-10-17-18-15(14)8-11)16(19)9-12-5-3-2-4-6-12/h2-8,10,16,19H,9H2,1H3,(H,17,18). The molecule has 3 rings (SSSR count). The molecule has 3 nitrogen and oxygen atoms in total. The number of aromatic amines is 1. The number of aryl methyl sites for hydroxylation is 1. The van der Waals surface area contributed by atoms with Crippen LogP contribution in [0.15, 0.2) is 48.7 Å². The first-order chi connectivity index (χ1) is 9.24. The molecule has 0 fully saturated rings. The van der Waals surface area contributed by atoms with Crippen LogP contribution in [0.3, 0.4) is 0 Å². The second kappa shape index (κ2) is 4.86. The minimum Gasteiger partial charge on any atom is -0.388 e. The third-order valence-electron chi connectivity index (χ3n) is 3.37. The van der Waals surface area contributed by atoms with E-state index in [4.69, 9.17) is 0 Å². The van der Waals surface area contributed by atoms with Gasteiger partial charge in [0.2, 0.25) is 0 Å². The molecule has 3 heteroatoms. The molecule has 0 saturated carbocycles. The summed E-state index contributed by atoms with van der Waals surface area (Å²) in [5, 5.41) is 18.5. The molecule has 96 valence electrons. The predicted molar refractivity (Wildman–Crippen MR) is 75.9 cm³/mol. The number of nitrogens with one attached hydrogen (secondary N) is 1. The van der Waals surface area contributed by atoms with Crippen molar-refractivity contribution < 1.29 is 5.11 Å². The fourth-order valence-electron chi connectivity index (χ4n) is 2.45. The van der Waals surface area contributed by atoms with E-state index >= 15 is 0 Å². The van der Waals surface area contributed by atoms with Crippen LogP contribution in [0.1, 0.15) is 22.8 Å². The van der Waals surface area contributed by atoms with Gasteiger partial charge < -0.3 is 5.11 Å². The Kier molecular flexibility index (Phi) is 3.05. The number of hydrogen-bond acceptors (Lipinski definition) is 2. The highest BCUT2D eigenvalue weighted by Gasteiger charge is 2.13. The molecule has 0 aliphatic heterocycles. The second-order valence-electron chi connectivity index (χ2n) is 4.89. The molecule has 19 heavy (non-hydrogen) atoms. The lowest BCUT2D eigenvalue weighted by Crippen LogP contribution is -2.02. The minimum atomic E-state index is -0.512. The Hall–Kier alpha value is -2.13. The van der Waals surface area contributed by atoms with E-state index in [1.807, 2.05) is 49.4 Å². The van der Waals surface area contributed by atoms with Crippen molar-refractivity contribution in [1.82, 2.24) is 10.2 Å². The van der Waals surface area contributed by atoms with Crippen LogP contribution < -0.4 is 0 Å². The van der Waals surface area contributed by atoms with Crippen molar-refractivity contribution in [2.45, 2.75) is 19.4 Å². The lowest BCUT2D eigenvalue weighted by molar-refractivity contribution is 0.180. The minimum absolute atomic E-state index is 0.512. The Morgan fingerprint density at radius 3 is 2.79 bits per heavy atom. The van der Waals surface area contributed by atoms with Crippen LogP contribution in [-0.4, -0.2) is 15.3 Å². The van der Waals surface area contributed by atoms with E-state index in [9.17, 15) is 5.11 Å². The summed E-state index contributed by atoms with van der Waals surface area (Å²) in [5.41, 5.74) is 4.17. The van der Waals surface area contributed by atoms with Gasteiger partial charge in [-0.25, -0.2) is 0 Å². The summed E-state index contributed by atoms with van der Waals surface area (Å²) in [7, 11) is 0. The van der Waals surface area contributed by atoms with Crippen molar-refractivity contribution in [3.05, 3.63) is 65.4 Å². The third kappa shape index (κ3) is 2.37. The molecule has 3 aromatic rings. The molecule has 0 aliphatic rings. The summed E-state index contributed by atoms with van der Waals surface area (Å²) in [6.45, 7) is 2.03. The largest absolute Gasteiger partial charge is 0.388 e. The van der Waals surface area contributed by atoms with Crippen LogP contribution in [0.5, 0.6) is 0 Å². The average Bonchev–Trinajstić information content (AvgIpc) is 2.86. The molecule has 1 aromatic heterocycles. The predicted octanol–water partition coefficient (Wildman–Crippen LogP) is 3.15. The van der Waals surface area contributed by atoms with Crippen LogP contribution >= 0.6 is 0 Å². The molecule has 0 radical (unpaired) electrons. The first-order valence-electron chi connectivity index (χ1n) is 6.39. The summed E-state index contributed by atoms with van der Waals surface area (Å²) in [6.07, 6.45) is 1.88. The molecular weight excluding hydrogens is 236 g/mol. The molecule has 0 bridgehead atoms. The van der Waals surface area contributed by atoms with E-state index in [1.54, 1.807) is 6.20 Å². The summed E-state index contributed by atoms with van der Waals surface area (Å²) in [6, 6.07) is 14.1. The van der Waals surface area contributed by atoms with E-state index in [0.717, 1.165) is 27.6 Å². The molecule has 0 spiro atoms. The van der Waals surface area contributed by atoms with Gasteiger partial charge in [0.1, 0.15) is 0 Å². The monoisotopic (exact) mass is 252 g/mol. The van der Waals surface area contributed by atoms with Gasteiger partial charge >= 0.3 is 0 Å². The highest BCUT2D eigenvalue weighted by atomic mass is 16.3. The van der Waals surface area contributed by atoms with Gasteiger partial charge in [0.25, 0.3) is 0 Å². The summed E-state index contributed by atoms with van der Waals surface area (Å²) in [5.74, 6) is 0. The highest BCUT2D eigenvalue weighted by Crippen LogP contribution is 2.27. The van der Waals surface area contributed by atoms with Crippen molar-refractivity contribution in [2.75, 3.05) is 0 Å². The van der Waals surface area contributed by atoms with Crippen molar-refractivity contribution in [3.63, 3.8) is 0 Å². The maximum Gasteiger partial charge on any atom is 0.0837 e. The fraction of sp³-hybridized carbons (Fsp3) is 0.188. The van der Waals surface area contributed by atoms with Gasteiger partial charge in [0.15, 0.2) is 0 Å². The molecule has 2 N–H and O–H groups in total. The number of nitrogens with zero attached hydrogens (tertiary/aromatic N) is 1. The van der Waals surface area contributed by atoms with Crippen LogP contribution in [0, 0.1) is 6.92 Å². The topological polar surface area (TPSA) is 48.9 Å². The number of aliphatic hydroxyl groups is 1. The zero-order valence-corrected chi connectivity index (χ0v) is 10.8. The molecule has 1 heterocycles. The van der Waals surface area contributed by atoms with E-state index in [-0.39, 0.29) is 0 Å². The quantitative estimate of drug-likeness (QED) is 0.752. The Morgan fingerprint density at radius 2 is 2.00 bits per heavy atom. The third-order valence-corrected chi connectivity index (χ3v) is 3.37. The zero-order chi connectivity index (χ0) is 13.2. The summed E-state index contributed by atoms with van der Waals surface area (Å²) >= 11 is 0. The number of aliphatic hydroxyl groups excluding tert-OH is 1. The first-order valence-corrected chi connectivity index (χ1v) is 6.39. The van der Waals surface area contributed by atoms with Crippen molar-refractivity contribution in [3.8, 4) is 0 Å². The molecule has 2 aromatic carbocycles. The first kappa shape index (κ1) is 11.9. The van der Waals surface area contributed by atoms with Crippen LogP contribution in [0.4, 0.5) is 0 Å². The van der Waals surface area contributed by atoms with Gasteiger partial charge in [-0.05, 0) is 29.7 Å². The summed E-state index contributed by atoms with van der Waals surface area (Å²) < 4.78 is 0. The number of aromatic nitrogens is 2. The lowest BCUT2D eigenvalue weighted by Gasteiger charge is -2.13. The van der Waals surface area contributed by atoms with Crippen molar-refractivity contribution in [1.29, 1.82) is 0 Å². The van der Waals surface area contributed by atoms with Crippen LogP contribution in [0.25, 0.3) is 10.9 Å². The maximum atomic E-state index is 10.5. The molecule has 1 unspecified atom stereocenters. The van der Waals surface area contributed by atoms with Crippen LogP contribution in [-0.2, 0) is 6.42 Å². The van der Waals surface area contributed by atoms with Gasteiger partial charge in [-0.2, -0.15) is 5.10 Å². The Morgan fingerprint density at radius 1 is 1.21 bits per heavy atom. The van der Waals surface area contributed by atoms with Crippen LogP contribution in [0.2, 0.25) is 0 Å². The Labute approximate surface area is 111 Å². The molecule has 0 amide bonds. The molecule has 1 atom stereocenters. The Bertz CT molecular complexity index is 688. The zero-order valence-electron chi connectivity index (χ0n) is 10.8. The normalized spacial score (nSPS) is 12.7. The number of benzene rings is 2. The maximum absolute atomic E-state index is 10.5. The van der Waals surface area contributed by atoms with Crippen molar-refractivity contribution >= 4 is 10.9 Å². The molecule has 0 aliphatic carbocycles. The molecule has 0 saturated heterocycles.